The van der Waals surface area contributed by atoms with Crippen LogP contribution in [-0.2, 0) is 27.3 Å². The first kappa shape index (κ1) is 27.8. The molecular weight excluding hydrogens is 478 g/mol. The van der Waals surface area contributed by atoms with E-state index in [2.05, 4.69) is 33.0 Å². The van der Waals surface area contributed by atoms with Crippen LogP contribution in [0.4, 0.5) is 0 Å². The molecule has 2 aromatic rings. The van der Waals surface area contributed by atoms with Crippen molar-refractivity contribution >= 4 is 17.7 Å². The normalized spacial score (nSPS) is 22.6. The Morgan fingerprint density at radius 1 is 0.947 bits per heavy atom. The Morgan fingerprint density at radius 2 is 1.68 bits per heavy atom. The van der Waals surface area contributed by atoms with Crippen LogP contribution in [-0.4, -0.2) is 78.4 Å². The number of hydrogen-bond donors (Lipinski definition) is 3. The molecule has 0 saturated carbocycles. The third-order valence-corrected chi connectivity index (χ3v) is 7.86. The van der Waals surface area contributed by atoms with Crippen LogP contribution >= 0.6 is 0 Å². The Hall–Kier alpha value is -3.23. The summed E-state index contributed by atoms with van der Waals surface area (Å²) in [6.07, 6.45) is 2.83. The van der Waals surface area contributed by atoms with Gasteiger partial charge < -0.3 is 20.9 Å². The fourth-order valence-corrected chi connectivity index (χ4v) is 5.45. The van der Waals surface area contributed by atoms with Crippen LogP contribution in [0.15, 0.2) is 54.6 Å². The first-order valence-electron chi connectivity index (χ1n) is 13.7. The van der Waals surface area contributed by atoms with E-state index in [1.165, 1.54) is 5.56 Å². The molecule has 0 aliphatic carbocycles. The summed E-state index contributed by atoms with van der Waals surface area (Å²) >= 11 is 0. The van der Waals surface area contributed by atoms with Gasteiger partial charge >= 0.3 is 0 Å². The molecule has 8 heteroatoms. The zero-order valence-corrected chi connectivity index (χ0v) is 22.8. The standard InChI is InChI=1S/C30H41N5O3/c1-21-9-11-24(12-10-21)18-32-30(38)27-14-13-26-15-16-34(28(36)17-23-7-5-4-6-8-23)19-25(20-35(26)27)33-29(37)22(2)31-3/h4-12,22,25-27,31H,13-20H2,1-3H3,(H,32,38)(H,33,37)/t22-,25-,26+,27-/m0/s1. The molecule has 2 fully saturated rings. The quantitative estimate of drug-likeness (QED) is 0.496. The van der Waals surface area contributed by atoms with Crippen molar-refractivity contribution in [3.63, 3.8) is 0 Å². The number of amides is 3. The van der Waals surface area contributed by atoms with E-state index < -0.39 is 0 Å². The van der Waals surface area contributed by atoms with Crippen molar-refractivity contribution in [2.45, 2.75) is 70.2 Å². The van der Waals surface area contributed by atoms with Gasteiger partial charge in [0.15, 0.2) is 0 Å². The number of carbonyl (C=O) groups excluding carboxylic acids is 3. The van der Waals surface area contributed by atoms with Crippen molar-refractivity contribution in [1.29, 1.82) is 0 Å². The summed E-state index contributed by atoms with van der Waals surface area (Å²) in [5.74, 6) is -0.0140. The number of hydrogen-bond acceptors (Lipinski definition) is 5. The molecule has 0 unspecified atom stereocenters. The van der Waals surface area contributed by atoms with E-state index in [-0.39, 0.29) is 41.9 Å². The average Bonchev–Trinajstić information content (AvgIpc) is 3.30. The van der Waals surface area contributed by atoms with Gasteiger partial charge in [-0.15, -0.1) is 0 Å². The van der Waals surface area contributed by atoms with E-state index in [4.69, 9.17) is 0 Å². The van der Waals surface area contributed by atoms with Gasteiger partial charge in [-0.2, -0.15) is 0 Å². The number of carbonyl (C=O) groups is 3. The molecule has 0 radical (unpaired) electrons. The van der Waals surface area contributed by atoms with Crippen LogP contribution in [0, 0.1) is 6.92 Å². The summed E-state index contributed by atoms with van der Waals surface area (Å²) in [6, 6.07) is 17.3. The highest BCUT2D eigenvalue weighted by Crippen LogP contribution is 2.29. The van der Waals surface area contributed by atoms with Gasteiger partial charge in [0.2, 0.25) is 17.7 Å². The van der Waals surface area contributed by atoms with Gasteiger partial charge in [-0.05, 0) is 51.3 Å². The topological polar surface area (TPSA) is 93.8 Å². The molecule has 204 valence electrons. The molecule has 0 aromatic heterocycles. The van der Waals surface area contributed by atoms with Gasteiger partial charge in [-0.3, -0.25) is 19.3 Å². The lowest BCUT2D eigenvalue weighted by molar-refractivity contribution is -0.134. The highest BCUT2D eigenvalue weighted by atomic mass is 16.2. The van der Waals surface area contributed by atoms with Gasteiger partial charge in [-0.25, -0.2) is 0 Å². The molecule has 8 nitrogen and oxygen atoms in total. The molecule has 0 spiro atoms. The van der Waals surface area contributed by atoms with Crippen molar-refractivity contribution in [3.05, 3.63) is 71.3 Å². The fraction of sp³-hybridized carbons (Fsp3) is 0.500. The molecular formula is C30H41N5O3. The second-order valence-electron chi connectivity index (χ2n) is 10.7. The number of fused-ring (bicyclic) bond motifs is 1. The number of benzene rings is 2. The molecule has 3 N–H and O–H groups in total. The summed E-state index contributed by atoms with van der Waals surface area (Å²) in [5.41, 5.74) is 3.25. The SMILES string of the molecule is CN[C@@H](C)C(=O)N[C@H]1CN(C(=O)Cc2ccccc2)CC[C@H]2CC[C@@H](C(=O)NCc3ccc(C)cc3)N2C1. The average molecular weight is 520 g/mol. The summed E-state index contributed by atoms with van der Waals surface area (Å²) in [7, 11) is 1.75. The Balaban J connectivity index is 1.45. The first-order valence-corrected chi connectivity index (χ1v) is 13.7. The van der Waals surface area contributed by atoms with Gasteiger partial charge in [0.1, 0.15) is 0 Å². The molecule has 2 aliphatic heterocycles. The summed E-state index contributed by atoms with van der Waals surface area (Å²) in [4.78, 5) is 43.5. The maximum absolute atomic E-state index is 13.3. The summed E-state index contributed by atoms with van der Waals surface area (Å²) in [6.45, 7) is 5.93. The molecule has 0 bridgehead atoms. The maximum Gasteiger partial charge on any atom is 0.237 e. The minimum Gasteiger partial charge on any atom is -0.351 e. The third kappa shape index (κ3) is 7.20. The van der Waals surface area contributed by atoms with Crippen LogP contribution in [0.5, 0.6) is 0 Å². The largest absolute Gasteiger partial charge is 0.351 e. The maximum atomic E-state index is 13.3. The Labute approximate surface area is 226 Å². The van der Waals surface area contributed by atoms with Crippen molar-refractivity contribution < 1.29 is 14.4 Å². The van der Waals surface area contributed by atoms with Crippen LogP contribution in [0.25, 0.3) is 0 Å². The van der Waals surface area contributed by atoms with E-state index in [9.17, 15) is 14.4 Å². The predicted octanol–water partition coefficient (Wildman–Crippen LogP) is 2.01. The van der Waals surface area contributed by atoms with Crippen LogP contribution in [0.3, 0.4) is 0 Å². The first-order chi connectivity index (χ1) is 18.3. The second kappa shape index (κ2) is 13.0. The zero-order valence-electron chi connectivity index (χ0n) is 22.8. The molecule has 2 saturated heterocycles. The minimum atomic E-state index is -0.350. The number of likely N-dealkylation sites (N-methyl/N-ethyl adjacent to an activating group) is 1. The van der Waals surface area contributed by atoms with E-state index >= 15 is 0 Å². The van der Waals surface area contributed by atoms with Crippen molar-refractivity contribution in [3.8, 4) is 0 Å². The lowest BCUT2D eigenvalue weighted by Crippen LogP contribution is -2.59. The van der Waals surface area contributed by atoms with Crippen LogP contribution in [0.1, 0.15) is 42.9 Å². The number of nitrogens with one attached hydrogen (secondary N) is 3. The van der Waals surface area contributed by atoms with E-state index in [1.54, 1.807) is 7.05 Å². The van der Waals surface area contributed by atoms with E-state index in [1.807, 2.05) is 61.2 Å². The summed E-state index contributed by atoms with van der Waals surface area (Å²) in [5, 5.41) is 9.26. The molecule has 3 amide bonds. The molecule has 2 aromatic carbocycles. The van der Waals surface area contributed by atoms with Crippen LogP contribution < -0.4 is 16.0 Å². The minimum absolute atomic E-state index is 0.0272. The van der Waals surface area contributed by atoms with Gasteiger partial charge in [-0.1, -0.05) is 60.2 Å². The summed E-state index contributed by atoms with van der Waals surface area (Å²) < 4.78 is 0. The Morgan fingerprint density at radius 3 is 2.39 bits per heavy atom. The van der Waals surface area contributed by atoms with Gasteiger partial charge in [0.25, 0.3) is 0 Å². The lowest BCUT2D eigenvalue weighted by Gasteiger charge is -2.39. The monoisotopic (exact) mass is 519 g/mol. The highest BCUT2D eigenvalue weighted by molar-refractivity contribution is 5.83. The predicted molar refractivity (Wildman–Crippen MR) is 148 cm³/mol. The van der Waals surface area contributed by atoms with E-state index in [0.717, 1.165) is 30.4 Å². The fourth-order valence-electron chi connectivity index (χ4n) is 5.45. The molecule has 2 heterocycles. The van der Waals surface area contributed by atoms with E-state index in [0.29, 0.717) is 32.6 Å². The van der Waals surface area contributed by atoms with Gasteiger partial charge in [0.05, 0.1) is 24.5 Å². The van der Waals surface area contributed by atoms with Gasteiger partial charge in [0, 0.05) is 32.2 Å². The van der Waals surface area contributed by atoms with Crippen molar-refractivity contribution in [2.75, 3.05) is 26.7 Å². The Bertz CT molecular complexity index is 1090. The van der Waals surface area contributed by atoms with Crippen molar-refractivity contribution in [2.24, 2.45) is 0 Å². The van der Waals surface area contributed by atoms with Crippen LogP contribution in [0.2, 0.25) is 0 Å². The number of nitrogens with zero attached hydrogens (tertiary/aromatic N) is 2. The highest BCUT2D eigenvalue weighted by Gasteiger charge is 2.41. The molecule has 2 aliphatic rings. The smallest absolute Gasteiger partial charge is 0.237 e. The second-order valence-corrected chi connectivity index (χ2v) is 10.7. The Kier molecular flexibility index (Phi) is 9.53. The number of aryl methyl sites for hydroxylation is 1. The van der Waals surface area contributed by atoms with Crippen molar-refractivity contribution in [1.82, 2.24) is 25.8 Å². The molecule has 4 rings (SSSR count). The third-order valence-electron chi connectivity index (χ3n) is 7.86. The molecule has 38 heavy (non-hydrogen) atoms. The number of rotatable bonds is 8. The zero-order chi connectivity index (χ0) is 27.1. The molecule has 4 atom stereocenters. The lowest BCUT2D eigenvalue weighted by atomic mass is 10.1.